The minimum Gasteiger partial charge on any atom is -0.398 e. The van der Waals surface area contributed by atoms with Crippen LogP contribution >= 0.6 is 0 Å². The van der Waals surface area contributed by atoms with Crippen LogP contribution in [0, 0.1) is 0 Å². The molecule has 0 aliphatic heterocycles. The first-order valence-electron chi connectivity index (χ1n) is 11.4. The molecule has 0 saturated carbocycles. The van der Waals surface area contributed by atoms with Gasteiger partial charge in [-0.15, -0.1) is 0 Å². The summed E-state index contributed by atoms with van der Waals surface area (Å²) in [7, 11) is 0. The number of fused-ring (bicyclic) bond motifs is 1. The van der Waals surface area contributed by atoms with Crippen LogP contribution in [0.4, 0.5) is 5.69 Å². The highest BCUT2D eigenvalue weighted by Crippen LogP contribution is 2.35. The van der Waals surface area contributed by atoms with E-state index in [1.807, 2.05) is 0 Å². The molecule has 3 aromatic rings. The van der Waals surface area contributed by atoms with Gasteiger partial charge in [-0.1, -0.05) is 126 Å². The lowest BCUT2D eigenvalue weighted by atomic mass is 9.79. The fourth-order valence-corrected chi connectivity index (χ4v) is 4.32. The molecule has 0 amide bonds. The van der Waals surface area contributed by atoms with Gasteiger partial charge in [-0.3, -0.25) is 0 Å². The monoisotopic (exact) mass is 387 g/mol. The molecular formula is C28H37N. The van der Waals surface area contributed by atoms with E-state index in [-0.39, 0.29) is 5.41 Å². The van der Waals surface area contributed by atoms with Gasteiger partial charge in [0.05, 0.1) is 0 Å². The molecule has 3 rings (SSSR count). The zero-order valence-electron chi connectivity index (χ0n) is 18.5. The Morgan fingerprint density at radius 3 is 2.10 bits per heavy atom. The van der Waals surface area contributed by atoms with Crippen LogP contribution in [0.25, 0.3) is 21.9 Å². The number of hydrogen-bond donors (Lipinski definition) is 1. The van der Waals surface area contributed by atoms with Crippen molar-refractivity contribution in [2.45, 2.75) is 77.6 Å². The van der Waals surface area contributed by atoms with Crippen LogP contribution in [0.2, 0.25) is 0 Å². The summed E-state index contributed by atoms with van der Waals surface area (Å²) in [6.45, 7) is 7.04. The van der Waals surface area contributed by atoms with Crippen LogP contribution in [0.5, 0.6) is 0 Å². The average Bonchev–Trinajstić information content (AvgIpc) is 2.74. The molecule has 154 valence electrons. The van der Waals surface area contributed by atoms with Gasteiger partial charge in [-0.2, -0.15) is 0 Å². The van der Waals surface area contributed by atoms with E-state index in [1.165, 1.54) is 67.9 Å². The Morgan fingerprint density at radius 2 is 1.38 bits per heavy atom. The number of unbranched alkanes of at least 4 members (excludes halogenated alkanes) is 6. The van der Waals surface area contributed by atoms with Gasteiger partial charge in [-0.25, -0.2) is 0 Å². The van der Waals surface area contributed by atoms with Crippen molar-refractivity contribution in [1.29, 1.82) is 0 Å². The largest absolute Gasteiger partial charge is 0.398 e. The fourth-order valence-electron chi connectivity index (χ4n) is 4.32. The molecule has 0 radical (unpaired) electrons. The Kier molecular flexibility index (Phi) is 7.36. The zero-order valence-corrected chi connectivity index (χ0v) is 18.5. The minimum atomic E-state index is 0.219. The van der Waals surface area contributed by atoms with E-state index in [0.29, 0.717) is 0 Å². The smallest absolute Gasteiger partial charge is 0.0473 e. The second-order valence-corrected chi connectivity index (χ2v) is 9.08. The first kappa shape index (κ1) is 21.4. The van der Waals surface area contributed by atoms with Gasteiger partial charge in [0.2, 0.25) is 0 Å². The Morgan fingerprint density at radius 1 is 0.724 bits per heavy atom. The summed E-state index contributed by atoms with van der Waals surface area (Å²) in [5.74, 6) is 0. The third kappa shape index (κ3) is 5.41. The summed E-state index contributed by atoms with van der Waals surface area (Å²) in [6.07, 6.45) is 10.8. The fraction of sp³-hybridized carbons (Fsp3) is 0.429. The first-order chi connectivity index (χ1) is 14.0. The Balaban J connectivity index is 1.64. The van der Waals surface area contributed by atoms with Crippen molar-refractivity contribution in [2.24, 2.45) is 0 Å². The molecule has 29 heavy (non-hydrogen) atoms. The summed E-state index contributed by atoms with van der Waals surface area (Å²) >= 11 is 0. The van der Waals surface area contributed by atoms with Crippen molar-refractivity contribution in [3.8, 4) is 11.1 Å². The van der Waals surface area contributed by atoms with Crippen LogP contribution in [0.1, 0.15) is 77.7 Å². The summed E-state index contributed by atoms with van der Waals surface area (Å²) < 4.78 is 0. The summed E-state index contributed by atoms with van der Waals surface area (Å²) in [6, 6.07) is 21.7. The quantitative estimate of drug-likeness (QED) is 0.274. The molecule has 0 saturated heterocycles. The van der Waals surface area contributed by atoms with Crippen molar-refractivity contribution in [1.82, 2.24) is 0 Å². The van der Waals surface area contributed by atoms with E-state index >= 15 is 0 Å². The first-order valence-corrected chi connectivity index (χ1v) is 11.4. The molecule has 0 spiro atoms. The zero-order chi connectivity index (χ0) is 20.7. The highest BCUT2D eigenvalue weighted by molar-refractivity contribution is 6.00. The molecule has 1 heteroatoms. The van der Waals surface area contributed by atoms with Crippen LogP contribution < -0.4 is 5.73 Å². The molecule has 0 atom stereocenters. The molecular weight excluding hydrogens is 350 g/mol. The van der Waals surface area contributed by atoms with Crippen molar-refractivity contribution in [3.05, 3.63) is 66.2 Å². The predicted molar refractivity (Wildman–Crippen MR) is 129 cm³/mol. The molecule has 0 fully saturated rings. The summed E-state index contributed by atoms with van der Waals surface area (Å²) in [5.41, 5.74) is 11.3. The van der Waals surface area contributed by atoms with E-state index < -0.39 is 0 Å². The van der Waals surface area contributed by atoms with Gasteiger partial charge in [0.15, 0.2) is 0 Å². The van der Waals surface area contributed by atoms with Crippen molar-refractivity contribution in [3.63, 3.8) is 0 Å². The number of benzene rings is 3. The van der Waals surface area contributed by atoms with Gasteiger partial charge in [0, 0.05) is 16.6 Å². The van der Waals surface area contributed by atoms with Gasteiger partial charge < -0.3 is 5.73 Å². The number of nitrogen functional groups attached to an aromatic ring is 1. The average molecular weight is 388 g/mol. The second kappa shape index (κ2) is 9.96. The van der Waals surface area contributed by atoms with Crippen molar-refractivity contribution < 1.29 is 0 Å². The van der Waals surface area contributed by atoms with E-state index in [1.54, 1.807) is 0 Å². The Labute approximate surface area is 177 Å². The van der Waals surface area contributed by atoms with E-state index in [2.05, 4.69) is 81.4 Å². The molecule has 0 unspecified atom stereocenters. The predicted octanol–water partition coefficient (Wildman–Crippen LogP) is 8.51. The maximum Gasteiger partial charge on any atom is 0.0473 e. The number of hydrogen-bond acceptors (Lipinski definition) is 1. The third-order valence-electron chi connectivity index (χ3n) is 6.35. The van der Waals surface area contributed by atoms with Gasteiger partial charge in [-0.05, 0) is 28.3 Å². The Bertz CT molecular complexity index is 905. The van der Waals surface area contributed by atoms with Crippen LogP contribution in [-0.2, 0) is 5.41 Å². The SMILES string of the molecule is CCCCCCCCCC(C)(C)c1ccc(-c2ccc3ccccc3c2N)cc1. The molecule has 3 aromatic carbocycles. The molecule has 0 heterocycles. The highest BCUT2D eigenvalue weighted by atomic mass is 14.6. The standard InChI is InChI=1S/C28H37N/c1-4-5-6-7-8-9-12-21-28(2,3)24-18-15-23(16-19-24)26-20-17-22-13-10-11-14-25(22)27(26)29/h10-11,13-20H,4-9,12,21,29H2,1-3H3. The second-order valence-electron chi connectivity index (χ2n) is 9.08. The van der Waals surface area contributed by atoms with Crippen molar-refractivity contribution in [2.75, 3.05) is 5.73 Å². The lowest BCUT2D eigenvalue weighted by molar-refractivity contribution is 0.442. The molecule has 1 nitrogen and oxygen atoms in total. The number of anilines is 1. The lowest BCUT2D eigenvalue weighted by Crippen LogP contribution is -2.16. The van der Waals surface area contributed by atoms with Gasteiger partial charge in [0.1, 0.15) is 0 Å². The van der Waals surface area contributed by atoms with Crippen LogP contribution in [0.3, 0.4) is 0 Å². The molecule has 2 N–H and O–H groups in total. The van der Waals surface area contributed by atoms with Gasteiger partial charge in [0.25, 0.3) is 0 Å². The molecule has 0 aliphatic rings. The number of nitrogens with two attached hydrogens (primary N) is 1. The molecule has 0 aromatic heterocycles. The third-order valence-corrected chi connectivity index (χ3v) is 6.35. The maximum absolute atomic E-state index is 6.50. The highest BCUT2D eigenvalue weighted by Gasteiger charge is 2.20. The van der Waals surface area contributed by atoms with E-state index in [4.69, 9.17) is 5.73 Å². The van der Waals surface area contributed by atoms with Gasteiger partial charge >= 0.3 is 0 Å². The topological polar surface area (TPSA) is 26.0 Å². The number of rotatable bonds is 10. The van der Waals surface area contributed by atoms with Crippen LogP contribution in [-0.4, -0.2) is 0 Å². The van der Waals surface area contributed by atoms with E-state index in [0.717, 1.165) is 16.6 Å². The Hall–Kier alpha value is -2.28. The summed E-state index contributed by atoms with van der Waals surface area (Å²) in [4.78, 5) is 0. The molecule has 0 aliphatic carbocycles. The van der Waals surface area contributed by atoms with E-state index in [9.17, 15) is 0 Å². The lowest BCUT2D eigenvalue weighted by Gasteiger charge is -2.26. The maximum atomic E-state index is 6.50. The van der Waals surface area contributed by atoms with Crippen LogP contribution in [0.15, 0.2) is 60.7 Å². The minimum absolute atomic E-state index is 0.219. The summed E-state index contributed by atoms with van der Waals surface area (Å²) in [5, 5.41) is 2.33. The van der Waals surface area contributed by atoms with Crippen molar-refractivity contribution >= 4 is 16.5 Å². The molecule has 0 bridgehead atoms. The normalized spacial score (nSPS) is 11.8.